The molecule has 0 aromatic heterocycles. The molecule has 126 valence electrons. The first-order valence-corrected chi connectivity index (χ1v) is 8.92. The Balaban J connectivity index is 2.26. The van der Waals surface area contributed by atoms with Crippen molar-refractivity contribution in [3.05, 3.63) is 64.7 Å². The molecular weight excluding hydrogens is 324 g/mol. The molecule has 0 spiro atoms. The van der Waals surface area contributed by atoms with Gasteiger partial charge in [0.15, 0.2) is 0 Å². The maximum absolute atomic E-state index is 12.1. The standard InChI is InChI=1S/C18H20N2O3S/c1-12-6-4-5-7-15(12)8-9-18(21)20-17-11-16(24(19,22)23)10-13(2)14(17)3/h4-11H,1-3H3,(H,20,21)(H2,19,22,23)/b9-8+. The maximum atomic E-state index is 12.1. The van der Waals surface area contributed by atoms with Gasteiger partial charge in [-0.15, -0.1) is 0 Å². The highest BCUT2D eigenvalue weighted by molar-refractivity contribution is 7.89. The van der Waals surface area contributed by atoms with E-state index < -0.39 is 10.0 Å². The molecule has 2 aromatic carbocycles. The van der Waals surface area contributed by atoms with Gasteiger partial charge in [-0.2, -0.15) is 0 Å². The molecule has 0 unspecified atom stereocenters. The number of hydrogen-bond donors (Lipinski definition) is 2. The van der Waals surface area contributed by atoms with Crippen molar-refractivity contribution in [1.29, 1.82) is 0 Å². The zero-order chi connectivity index (χ0) is 17.9. The summed E-state index contributed by atoms with van der Waals surface area (Å²) in [6.07, 6.45) is 3.14. The van der Waals surface area contributed by atoms with Crippen molar-refractivity contribution >= 4 is 27.7 Å². The Kier molecular flexibility index (Phi) is 5.21. The number of aryl methyl sites for hydroxylation is 2. The predicted octanol–water partition coefficient (Wildman–Crippen LogP) is 2.91. The fourth-order valence-electron chi connectivity index (χ4n) is 2.23. The minimum absolute atomic E-state index is 0.0243. The van der Waals surface area contributed by atoms with Crippen LogP contribution in [-0.4, -0.2) is 14.3 Å². The van der Waals surface area contributed by atoms with Gasteiger partial charge in [0, 0.05) is 11.8 Å². The Bertz CT molecular complexity index is 916. The predicted molar refractivity (Wildman–Crippen MR) is 96.1 cm³/mol. The number of nitrogens with two attached hydrogens (primary N) is 1. The van der Waals surface area contributed by atoms with Crippen molar-refractivity contribution in [3.63, 3.8) is 0 Å². The molecule has 1 amide bonds. The van der Waals surface area contributed by atoms with E-state index in [1.54, 1.807) is 13.0 Å². The molecule has 0 aliphatic rings. The molecule has 24 heavy (non-hydrogen) atoms. The van der Waals surface area contributed by atoms with Crippen LogP contribution in [0.5, 0.6) is 0 Å². The summed E-state index contributed by atoms with van der Waals surface area (Å²) in [5, 5.41) is 7.88. The number of anilines is 1. The van der Waals surface area contributed by atoms with Crippen LogP contribution in [0.1, 0.15) is 22.3 Å². The number of carbonyl (C=O) groups excluding carboxylic acids is 1. The van der Waals surface area contributed by atoms with Gasteiger partial charge in [0.2, 0.25) is 15.9 Å². The maximum Gasteiger partial charge on any atom is 0.248 e. The number of nitrogens with one attached hydrogen (secondary N) is 1. The molecule has 3 N–H and O–H groups in total. The Morgan fingerprint density at radius 2 is 1.75 bits per heavy atom. The Morgan fingerprint density at radius 1 is 1.08 bits per heavy atom. The first-order valence-electron chi connectivity index (χ1n) is 7.37. The number of rotatable bonds is 4. The zero-order valence-corrected chi connectivity index (χ0v) is 14.6. The van der Waals surface area contributed by atoms with E-state index in [2.05, 4.69) is 5.32 Å². The minimum atomic E-state index is -3.83. The largest absolute Gasteiger partial charge is 0.322 e. The quantitative estimate of drug-likeness (QED) is 0.836. The lowest BCUT2D eigenvalue weighted by molar-refractivity contribution is -0.111. The average molecular weight is 344 g/mol. The van der Waals surface area contributed by atoms with Gasteiger partial charge in [0.1, 0.15) is 0 Å². The summed E-state index contributed by atoms with van der Waals surface area (Å²) in [5.74, 6) is -0.340. The molecule has 0 bridgehead atoms. The highest BCUT2D eigenvalue weighted by Gasteiger charge is 2.13. The SMILES string of the molecule is Cc1ccccc1/C=C/C(=O)Nc1cc(S(N)(=O)=O)cc(C)c1C. The van der Waals surface area contributed by atoms with Gasteiger partial charge in [-0.05, 0) is 61.2 Å². The Hall–Kier alpha value is -2.44. The fraction of sp³-hybridized carbons (Fsp3) is 0.167. The molecule has 0 saturated carbocycles. The molecule has 0 radical (unpaired) electrons. The third-order valence-corrected chi connectivity index (χ3v) is 4.72. The topological polar surface area (TPSA) is 89.3 Å². The highest BCUT2D eigenvalue weighted by atomic mass is 32.2. The second-order valence-corrected chi connectivity index (χ2v) is 7.20. The van der Waals surface area contributed by atoms with E-state index in [0.29, 0.717) is 5.69 Å². The number of primary sulfonamides is 1. The third kappa shape index (κ3) is 4.31. The molecule has 0 aliphatic heterocycles. The van der Waals surface area contributed by atoms with Gasteiger partial charge < -0.3 is 5.32 Å². The molecule has 6 heteroatoms. The van der Waals surface area contributed by atoms with Crippen molar-refractivity contribution in [2.45, 2.75) is 25.7 Å². The lowest BCUT2D eigenvalue weighted by Gasteiger charge is -2.11. The van der Waals surface area contributed by atoms with Gasteiger partial charge in [-0.1, -0.05) is 24.3 Å². The van der Waals surface area contributed by atoms with E-state index in [-0.39, 0.29) is 10.8 Å². The first-order chi connectivity index (χ1) is 11.2. The van der Waals surface area contributed by atoms with Gasteiger partial charge in [0.25, 0.3) is 0 Å². The second kappa shape index (κ2) is 6.98. The molecule has 0 heterocycles. The lowest BCUT2D eigenvalue weighted by atomic mass is 10.1. The van der Waals surface area contributed by atoms with Gasteiger partial charge in [-0.3, -0.25) is 4.79 Å². The van der Waals surface area contributed by atoms with Gasteiger partial charge >= 0.3 is 0 Å². The van der Waals surface area contributed by atoms with Crippen molar-refractivity contribution in [2.75, 3.05) is 5.32 Å². The molecule has 0 fully saturated rings. The monoisotopic (exact) mass is 344 g/mol. The van der Waals surface area contributed by atoms with Crippen LogP contribution < -0.4 is 10.5 Å². The summed E-state index contributed by atoms with van der Waals surface area (Å²) in [6.45, 7) is 5.53. The summed E-state index contributed by atoms with van der Waals surface area (Å²) < 4.78 is 23.1. The average Bonchev–Trinajstić information content (AvgIpc) is 2.50. The van der Waals surface area contributed by atoms with E-state index in [1.165, 1.54) is 18.2 Å². The molecule has 0 aliphatic carbocycles. The summed E-state index contributed by atoms with van der Waals surface area (Å²) in [4.78, 5) is 12.1. The van der Waals surface area contributed by atoms with E-state index in [0.717, 1.165) is 22.3 Å². The summed E-state index contributed by atoms with van der Waals surface area (Å²) >= 11 is 0. The van der Waals surface area contributed by atoms with Crippen molar-refractivity contribution in [2.24, 2.45) is 5.14 Å². The normalized spacial score (nSPS) is 11.7. The number of benzene rings is 2. The van der Waals surface area contributed by atoms with Crippen LogP contribution in [0.15, 0.2) is 47.4 Å². The van der Waals surface area contributed by atoms with Gasteiger partial charge in [0.05, 0.1) is 4.90 Å². The summed E-state index contributed by atoms with van der Waals surface area (Å²) in [6, 6.07) is 10.6. The van der Waals surface area contributed by atoms with Crippen LogP contribution >= 0.6 is 0 Å². The molecule has 0 atom stereocenters. The number of hydrogen-bond acceptors (Lipinski definition) is 3. The molecule has 5 nitrogen and oxygen atoms in total. The Morgan fingerprint density at radius 3 is 2.38 bits per heavy atom. The van der Waals surface area contributed by atoms with Crippen LogP contribution in [0.4, 0.5) is 5.69 Å². The van der Waals surface area contributed by atoms with E-state index in [9.17, 15) is 13.2 Å². The van der Waals surface area contributed by atoms with E-state index in [4.69, 9.17) is 5.14 Å². The van der Waals surface area contributed by atoms with Crippen LogP contribution in [0.3, 0.4) is 0 Å². The van der Waals surface area contributed by atoms with Gasteiger partial charge in [-0.25, -0.2) is 13.6 Å². The smallest absolute Gasteiger partial charge is 0.248 e. The van der Waals surface area contributed by atoms with Crippen LogP contribution in [-0.2, 0) is 14.8 Å². The molecular formula is C18H20N2O3S. The van der Waals surface area contributed by atoms with Crippen LogP contribution in [0.2, 0.25) is 0 Å². The molecule has 0 saturated heterocycles. The minimum Gasteiger partial charge on any atom is -0.322 e. The zero-order valence-electron chi connectivity index (χ0n) is 13.8. The van der Waals surface area contributed by atoms with Crippen LogP contribution in [0.25, 0.3) is 6.08 Å². The highest BCUT2D eigenvalue weighted by Crippen LogP contribution is 2.23. The van der Waals surface area contributed by atoms with E-state index >= 15 is 0 Å². The number of amides is 1. The summed E-state index contributed by atoms with van der Waals surface area (Å²) in [5.41, 5.74) is 3.96. The molecule has 2 rings (SSSR count). The van der Waals surface area contributed by atoms with Crippen LogP contribution in [0, 0.1) is 20.8 Å². The fourth-order valence-corrected chi connectivity index (χ4v) is 2.86. The second-order valence-electron chi connectivity index (χ2n) is 5.64. The van der Waals surface area contributed by atoms with Crippen molar-refractivity contribution in [1.82, 2.24) is 0 Å². The van der Waals surface area contributed by atoms with E-state index in [1.807, 2.05) is 38.1 Å². The lowest BCUT2D eigenvalue weighted by Crippen LogP contribution is -2.15. The number of carbonyl (C=O) groups is 1. The molecule has 2 aromatic rings. The first kappa shape index (κ1) is 17.9. The van der Waals surface area contributed by atoms with Crippen molar-refractivity contribution < 1.29 is 13.2 Å². The number of sulfonamides is 1. The van der Waals surface area contributed by atoms with Crippen molar-refractivity contribution in [3.8, 4) is 0 Å². The Labute approximate surface area is 142 Å². The summed E-state index contributed by atoms with van der Waals surface area (Å²) in [7, 11) is -3.83. The third-order valence-electron chi connectivity index (χ3n) is 3.83.